The number of carbonyl (C=O) groups excluding carboxylic acids is 2. The number of hydrogen-bond acceptors (Lipinski definition) is 6. The first-order chi connectivity index (χ1) is 15.3. The second-order valence-corrected chi connectivity index (χ2v) is 7.51. The van der Waals surface area contributed by atoms with Crippen LogP contribution >= 0.6 is 11.3 Å². The molecule has 0 saturated carbocycles. The number of amides is 2. The Balaban J connectivity index is 1.71. The molecule has 2 heterocycles. The lowest BCUT2D eigenvalue weighted by molar-refractivity contribution is -0.137. The van der Waals surface area contributed by atoms with Gasteiger partial charge in [-0.15, -0.1) is 11.3 Å². The van der Waals surface area contributed by atoms with Gasteiger partial charge in [-0.2, -0.15) is 13.2 Å². The van der Waals surface area contributed by atoms with Gasteiger partial charge < -0.3 is 15.7 Å². The Morgan fingerprint density at radius 2 is 1.94 bits per heavy atom. The summed E-state index contributed by atoms with van der Waals surface area (Å²) < 4.78 is 39.2. The molecule has 0 radical (unpaired) electrons. The van der Waals surface area contributed by atoms with Crippen LogP contribution in [0, 0.1) is 0 Å². The molecule has 168 valence electrons. The van der Waals surface area contributed by atoms with E-state index in [2.05, 4.69) is 20.6 Å². The largest absolute Gasteiger partial charge is 0.416 e. The molecule has 11 heteroatoms. The minimum absolute atomic E-state index is 0.166. The van der Waals surface area contributed by atoms with E-state index in [1.54, 1.807) is 5.38 Å². The molecule has 2 aromatic heterocycles. The van der Waals surface area contributed by atoms with Crippen molar-refractivity contribution in [2.45, 2.75) is 24.9 Å². The van der Waals surface area contributed by atoms with Crippen LogP contribution in [-0.2, 0) is 11.0 Å². The van der Waals surface area contributed by atoms with Crippen LogP contribution in [0.5, 0.6) is 0 Å². The predicted molar refractivity (Wildman–Crippen MR) is 113 cm³/mol. The number of thiazole rings is 1. The Morgan fingerprint density at radius 3 is 2.56 bits per heavy atom. The first-order valence-corrected chi connectivity index (χ1v) is 10.5. The highest BCUT2D eigenvalue weighted by Gasteiger charge is 2.31. The number of halogens is 3. The van der Waals surface area contributed by atoms with E-state index in [9.17, 15) is 22.8 Å². The Morgan fingerprint density at radius 1 is 1.12 bits per heavy atom. The topological polar surface area (TPSA) is 104 Å². The minimum atomic E-state index is -4.53. The van der Waals surface area contributed by atoms with E-state index in [4.69, 9.17) is 5.11 Å². The van der Waals surface area contributed by atoms with Gasteiger partial charge in [0, 0.05) is 12.0 Å². The maximum absolute atomic E-state index is 13.1. The van der Waals surface area contributed by atoms with E-state index in [-0.39, 0.29) is 36.5 Å². The highest BCUT2D eigenvalue weighted by molar-refractivity contribution is 7.07. The van der Waals surface area contributed by atoms with Gasteiger partial charge in [0.1, 0.15) is 11.5 Å². The van der Waals surface area contributed by atoms with Crippen molar-refractivity contribution in [2.24, 2.45) is 0 Å². The molecule has 2 amide bonds. The molecular formula is C21H19F3N4O3S. The molecule has 0 saturated heterocycles. The fourth-order valence-electron chi connectivity index (χ4n) is 2.95. The number of aliphatic hydroxyl groups excluding tert-OH is 1. The third-order valence-electron chi connectivity index (χ3n) is 4.52. The second kappa shape index (κ2) is 10.3. The van der Waals surface area contributed by atoms with Crippen LogP contribution in [0.15, 0.2) is 53.5 Å². The van der Waals surface area contributed by atoms with Crippen LogP contribution in [0.4, 0.5) is 24.7 Å². The standard InChI is InChI=1S/C21H19F3N4O3S/c22-21(23,24)14-4-1-3-13(9-14)16(5-2-8-29)19(30)27-15-6-7-18(25-10-15)28-20(31)17-11-32-12-26-17/h1,3-4,6-7,9-12,16,29H,2,5,8H2,(H,27,30)(H,25,28,31). The molecule has 7 nitrogen and oxygen atoms in total. The van der Waals surface area contributed by atoms with Crippen molar-refractivity contribution in [3.63, 3.8) is 0 Å². The molecule has 1 unspecified atom stereocenters. The normalized spacial score (nSPS) is 12.2. The highest BCUT2D eigenvalue weighted by atomic mass is 32.1. The summed E-state index contributed by atoms with van der Waals surface area (Å²) in [5.74, 6) is -1.60. The molecule has 1 atom stereocenters. The van der Waals surface area contributed by atoms with Crippen molar-refractivity contribution in [3.05, 3.63) is 70.3 Å². The van der Waals surface area contributed by atoms with Crippen LogP contribution in [-0.4, -0.2) is 33.5 Å². The lowest BCUT2D eigenvalue weighted by Crippen LogP contribution is -2.22. The molecule has 0 fully saturated rings. The number of benzene rings is 1. The summed E-state index contributed by atoms with van der Waals surface area (Å²) in [6.07, 6.45) is -2.80. The molecule has 0 aliphatic carbocycles. The monoisotopic (exact) mass is 464 g/mol. The Hall–Kier alpha value is -3.31. The van der Waals surface area contributed by atoms with Crippen molar-refractivity contribution in [2.75, 3.05) is 17.2 Å². The maximum Gasteiger partial charge on any atom is 0.416 e. The number of aliphatic hydroxyl groups is 1. The third-order valence-corrected chi connectivity index (χ3v) is 5.11. The summed E-state index contributed by atoms with van der Waals surface area (Å²) in [6, 6.07) is 7.57. The molecule has 3 rings (SSSR count). The number of alkyl halides is 3. The van der Waals surface area contributed by atoms with Crippen molar-refractivity contribution in [3.8, 4) is 0 Å². The summed E-state index contributed by atoms with van der Waals surface area (Å²) in [4.78, 5) is 32.8. The number of nitrogens with zero attached hydrogens (tertiary/aromatic N) is 2. The zero-order valence-corrected chi connectivity index (χ0v) is 17.4. The highest BCUT2D eigenvalue weighted by Crippen LogP contribution is 2.32. The molecule has 0 bridgehead atoms. The lowest BCUT2D eigenvalue weighted by atomic mass is 9.92. The summed E-state index contributed by atoms with van der Waals surface area (Å²) in [5, 5.41) is 15.9. The fourth-order valence-corrected chi connectivity index (χ4v) is 3.48. The number of hydrogen-bond donors (Lipinski definition) is 3. The second-order valence-electron chi connectivity index (χ2n) is 6.79. The van der Waals surface area contributed by atoms with Crippen molar-refractivity contribution >= 4 is 34.7 Å². The average molecular weight is 464 g/mol. The molecule has 1 aromatic carbocycles. The number of carbonyl (C=O) groups is 2. The molecule has 0 aliphatic rings. The summed E-state index contributed by atoms with van der Waals surface area (Å²) in [6.45, 7) is -0.197. The van der Waals surface area contributed by atoms with E-state index in [1.165, 1.54) is 47.3 Å². The Bertz CT molecular complexity index is 1060. The number of anilines is 2. The van der Waals surface area contributed by atoms with Gasteiger partial charge in [-0.1, -0.05) is 18.2 Å². The maximum atomic E-state index is 13.1. The van der Waals surface area contributed by atoms with E-state index in [0.717, 1.165) is 12.1 Å². The number of aromatic nitrogens is 2. The van der Waals surface area contributed by atoms with Gasteiger partial charge in [-0.05, 0) is 36.6 Å². The van der Waals surface area contributed by atoms with Crippen LogP contribution in [0.1, 0.15) is 40.4 Å². The third kappa shape index (κ3) is 6.11. The quantitative estimate of drug-likeness (QED) is 0.461. The SMILES string of the molecule is O=C(Nc1ccc(NC(=O)C(CCCO)c2cccc(C(F)(F)F)c2)cn1)c1cscn1. The Kier molecular flexibility index (Phi) is 7.54. The van der Waals surface area contributed by atoms with Crippen LogP contribution in [0.25, 0.3) is 0 Å². The molecule has 3 N–H and O–H groups in total. The van der Waals surface area contributed by atoms with Gasteiger partial charge in [-0.25, -0.2) is 9.97 Å². The van der Waals surface area contributed by atoms with Gasteiger partial charge >= 0.3 is 6.18 Å². The first-order valence-electron chi connectivity index (χ1n) is 9.52. The van der Waals surface area contributed by atoms with Gasteiger partial charge in [0.05, 0.1) is 28.9 Å². The zero-order valence-electron chi connectivity index (χ0n) is 16.6. The molecular weight excluding hydrogens is 445 g/mol. The van der Waals surface area contributed by atoms with Crippen LogP contribution in [0.3, 0.4) is 0 Å². The van der Waals surface area contributed by atoms with Crippen molar-refractivity contribution < 1.29 is 27.9 Å². The van der Waals surface area contributed by atoms with Crippen molar-refractivity contribution in [1.29, 1.82) is 0 Å². The number of pyridine rings is 1. The van der Waals surface area contributed by atoms with E-state index in [1.807, 2.05) is 0 Å². The minimum Gasteiger partial charge on any atom is -0.396 e. The predicted octanol–water partition coefficient (Wildman–Crippen LogP) is 4.30. The number of nitrogens with one attached hydrogen (secondary N) is 2. The summed E-state index contributed by atoms with van der Waals surface area (Å²) >= 11 is 1.28. The van der Waals surface area contributed by atoms with Gasteiger partial charge in [-0.3, -0.25) is 9.59 Å². The molecule has 0 spiro atoms. The van der Waals surface area contributed by atoms with Gasteiger partial charge in [0.2, 0.25) is 5.91 Å². The van der Waals surface area contributed by atoms with E-state index in [0.29, 0.717) is 5.69 Å². The van der Waals surface area contributed by atoms with E-state index < -0.39 is 29.5 Å². The summed E-state index contributed by atoms with van der Waals surface area (Å²) in [5.41, 5.74) is 1.44. The van der Waals surface area contributed by atoms with E-state index >= 15 is 0 Å². The Labute approximate surface area is 185 Å². The zero-order chi connectivity index (χ0) is 23.1. The molecule has 32 heavy (non-hydrogen) atoms. The molecule has 3 aromatic rings. The van der Waals surface area contributed by atoms with Crippen LogP contribution < -0.4 is 10.6 Å². The van der Waals surface area contributed by atoms with Crippen LogP contribution in [0.2, 0.25) is 0 Å². The van der Waals surface area contributed by atoms with Crippen molar-refractivity contribution in [1.82, 2.24) is 9.97 Å². The lowest BCUT2D eigenvalue weighted by Gasteiger charge is -2.18. The number of rotatable bonds is 8. The average Bonchev–Trinajstić information content (AvgIpc) is 3.30. The summed E-state index contributed by atoms with van der Waals surface area (Å²) in [7, 11) is 0. The smallest absolute Gasteiger partial charge is 0.396 e. The fraction of sp³-hybridized carbons (Fsp3) is 0.238. The first kappa shape index (κ1) is 23.4. The molecule has 0 aliphatic heterocycles. The van der Waals surface area contributed by atoms with Gasteiger partial charge in [0.15, 0.2) is 0 Å². The van der Waals surface area contributed by atoms with Gasteiger partial charge in [0.25, 0.3) is 5.91 Å².